The van der Waals surface area contributed by atoms with Crippen LogP contribution in [0.5, 0.6) is 0 Å². The zero-order valence-electron chi connectivity index (χ0n) is 10.6. The van der Waals surface area contributed by atoms with Gasteiger partial charge in [0.1, 0.15) is 0 Å². The van der Waals surface area contributed by atoms with Crippen LogP contribution in [0.1, 0.15) is 26.2 Å². The van der Waals surface area contributed by atoms with Crippen LogP contribution in [0.4, 0.5) is 5.95 Å². The first-order valence-electron chi connectivity index (χ1n) is 6.40. The van der Waals surface area contributed by atoms with Gasteiger partial charge < -0.3 is 5.32 Å². The van der Waals surface area contributed by atoms with Gasteiger partial charge in [-0.25, -0.2) is 4.68 Å². The van der Waals surface area contributed by atoms with Crippen LogP contribution in [0.15, 0.2) is 18.5 Å². The fraction of sp³-hybridized carbons (Fsp3) is 0.500. The highest BCUT2D eigenvalue weighted by atomic mass is 35.5. The molecule has 100 valence electrons. The van der Waals surface area contributed by atoms with Gasteiger partial charge in [-0.3, -0.25) is 0 Å². The molecule has 1 aliphatic carbocycles. The van der Waals surface area contributed by atoms with E-state index in [2.05, 4.69) is 32.3 Å². The van der Waals surface area contributed by atoms with E-state index in [9.17, 15) is 0 Å². The Kier molecular flexibility index (Phi) is 3.33. The average molecular weight is 279 g/mol. The van der Waals surface area contributed by atoms with E-state index in [4.69, 9.17) is 11.6 Å². The molecule has 2 aromatic rings. The molecule has 0 bridgehead atoms. The molecule has 1 fully saturated rings. The highest BCUT2D eigenvalue weighted by Crippen LogP contribution is 2.30. The summed E-state index contributed by atoms with van der Waals surface area (Å²) in [6.45, 7) is 2.15. The first-order valence-corrected chi connectivity index (χ1v) is 6.78. The molecule has 6 nitrogen and oxygen atoms in total. The van der Waals surface area contributed by atoms with Crippen molar-refractivity contribution in [1.82, 2.24) is 24.7 Å². The maximum Gasteiger partial charge on any atom is 0.256 e. The molecule has 0 aromatic carbocycles. The Labute approximate surface area is 116 Å². The number of nitrogens with one attached hydrogen (secondary N) is 1. The van der Waals surface area contributed by atoms with Gasteiger partial charge in [0.25, 0.3) is 5.95 Å². The highest BCUT2D eigenvalue weighted by molar-refractivity contribution is 6.28. The zero-order valence-corrected chi connectivity index (χ0v) is 11.4. The molecule has 0 aliphatic heterocycles. The molecule has 1 N–H and O–H groups in total. The number of nitrogens with zero attached hydrogens (tertiary/aromatic N) is 5. The Morgan fingerprint density at radius 2 is 2.21 bits per heavy atom. The third kappa shape index (κ3) is 2.68. The summed E-state index contributed by atoms with van der Waals surface area (Å²) in [4.78, 5) is 12.5. The molecule has 7 heteroatoms. The van der Waals surface area contributed by atoms with Gasteiger partial charge >= 0.3 is 0 Å². The summed E-state index contributed by atoms with van der Waals surface area (Å²) in [7, 11) is 0. The van der Waals surface area contributed by atoms with Gasteiger partial charge in [-0.05, 0) is 43.4 Å². The van der Waals surface area contributed by atoms with Crippen LogP contribution in [-0.4, -0.2) is 30.8 Å². The summed E-state index contributed by atoms with van der Waals surface area (Å²) in [5, 5.41) is 7.56. The zero-order chi connectivity index (χ0) is 13.2. The van der Waals surface area contributed by atoms with Crippen molar-refractivity contribution in [3.05, 3.63) is 23.7 Å². The van der Waals surface area contributed by atoms with E-state index in [1.54, 1.807) is 17.1 Å². The van der Waals surface area contributed by atoms with Crippen LogP contribution in [0.2, 0.25) is 5.28 Å². The summed E-state index contributed by atoms with van der Waals surface area (Å²) in [5.41, 5.74) is 0. The average Bonchev–Trinajstić information content (AvgIpc) is 2.78. The van der Waals surface area contributed by atoms with E-state index >= 15 is 0 Å². The second kappa shape index (κ2) is 5.13. The smallest absolute Gasteiger partial charge is 0.256 e. The van der Waals surface area contributed by atoms with Crippen LogP contribution in [0.3, 0.4) is 0 Å². The van der Waals surface area contributed by atoms with E-state index in [0.717, 1.165) is 0 Å². The molecule has 0 amide bonds. The Balaban J connectivity index is 1.81. The molecule has 19 heavy (non-hydrogen) atoms. The van der Waals surface area contributed by atoms with Crippen molar-refractivity contribution in [3.63, 3.8) is 0 Å². The second-order valence-corrected chi connectivity index (χ2v) is 5.14. The van der Waals surface area contributed by atoms with E-state index in [0.29, 0.717) is 23.9 Å². The predicted molar refractivity (Wildman–Crippen MR) is 72.4 cm³/mol. The minimum Gasteiger partial charge on any atom is -0.351 e. The maximum absolute atomic E-state index is 5.93. The van der Waals surface area contributed by atoms with Crippen molar-refractivity contribution in [2.75, 3.05) is 5.32 Å². The van der Waals surface area contributed by atoms with Crippen molar-refractivity contribution < 1.29 is 0 Å². The molecule has 0 saturated heterocycles. The lowest BCUT2D eigenvalue weighted by Crippen LogP contribution is -2.31. The molecule has 0 radical (unpaired) electrons. The predicted octanol–water partition coefficient (Wildman–Crippen LogP) is 2.31. The first kappa shape index (κ1) is 12.3. The number of rotatable bonds is 4. The SMILES string of the molecule is CC(Nc1nc(Cl)nc(-n2cccn2)n1)C1CCC1. The van der Waals surface area contributed by atoms with Crippen LogP contribution >= 0.6 is 11.6 Å². The van der Waals surface area contributed by atoms with E-state index < -0.39 is 0 Å². The number of hydrogen-bond donors (Lipinski definition) is 1. The quantitative estimate of drug-likeness (QED) is 0.929. The normalized spacial score (nSPS) is 16.9. The Bertz CT molecular complexity index is 551. The van der Waals surface area contributed by atoms with Crippen LogP contribution < -0.4 is 5.32 Å². The fourth-order valence-corrected chi connectivity index (χ4v) is 2.31. The lowest BCUT2D eigenvalue weighted by molar-refractivity contribution is 0.284. The van der Waals surface area contributed by atoms with Crippen molar-refractivity contribution in [2.45, 2.75) is 32.2 Å². The summed E-state index contributed by atoms with van der Waals surface area (Å²) in [6, 6.07) is 2.15. The summed E-state index contributed by atoms with van der Waals surface area (Å²) in [5.74, 6) is 1.63. The number of hydrogen-bond acceptors (Lipinski definition) is 5. The lowest BCUT2D eigenvalue weighted by Gasteiger charge is -2.31. The topological polar surface area (TPSA) is 68.5 Å². The first-order chi connectivity index (χ1) is 9.22. The highest BCUT2D eigenvalue weighted by Gasteiger charge is 2.24. The molecular weight excluding hydrogens is 264 g/mol. The summed E-state index contributed by atoms with van der Waals surface area (Å²) >= 11 is 5.93. The molecule has 1 aliphatic rings. The molecule has 2 aromatic heterocycles. The monoisotopic (exact) mass is 278 g/mol. The van der Waals surface area contributed by atoms with Crippen molar-refractivity contribution >= 4 is 17.5 Å². The molecule has 1 atom stereocenters. The second-order valence-electron chi connectivity index (χ2n) is 4.80. The Hall–Kier alpha value is -1.69. The molecule has 1 saturated carbocycles. The van der Waals surface area contributed by atoms with Crippen molar-refractivity contribution in [3.8, 4) is 5.95 Å². The van der Waals surface area contributed by atoms with E-state index in [1.165, 1.54) is 19.3 Å². The minimum absolute atomic E-state index is 0.170. The number of aromatic nitrogens is 5. The largest absolute Gasteiger partial charge is 0.351 e. The molecule has 3 rings (SSSR count). The molecular formula is C12H15ClN6. The number of halogens is 1. The van der Waals surface area contributed by atoms with Gasteiger partial charge in [0.2, 0.25) is 11.2 Å². The third-order valence-corrected chi connectivity index (χ3v) is 3.69. The van der Waals surface area contributed by atoms with E-state index in [1.807, 2.05) is 6.07 Å². The Morgan fingerprint density at radius 3 is 2.84 bits per heavy atom. The van der Waals surface area contributed by atoms with Gasteiger partial charge in [-0.15, -0.1) is 0 Å². The van der Waals surface area contributed by atoms with Gasteiger partial charge in [-0.1, -0.05) is 6.42 Å². The van der Waals surface area contributed by atoms with Crippen molar-refractivity contribution in [2.24, 2.45) is 5.92 Å². The summed E-state index contributed by atoms with van der Waals surface area (Å²) in [6.07, 6.45) is 7.28. The van der Waals surface area contributed by atoms with Gasteiger partial charge in [0.15, 0.2) is 0 Å². The Morgan fingerprint density at radius 1 is 1.37 bits per heavy atom. The maximum atomic E-state index is 5.93. The number of anilines is 1. The fourth-order valence-electron chi connectivity index (χ4n) is 2.16. The van der Waals surface area contributed by atoms with Crippen LogP contribution in [-0.2, 0) is 0 Å². The van der Waals surface area contributed by atoms with Gasteiger partial charge in [0.05, 0.1) is 0 Å². The third-order valence-electron chi connectivity index (χ3n) is 3.52. The molecule has 0 spiro atoms. The molecule has 2 heterocycles. The minimum atomic E-state index is 0.170. The molecule has 1 unspecified atom stereocenters. The van der Waals surface area contributed by atoms with Gasteiger partial charge in [-0.2, -0.15) is 20.1 Å². The van der Waals surface area contributed by atoms with Crippen LogP contribution in [0.25, 0.3) is 5.95 Å². The summed E-state index contributed by atoms with van der Waals surface area (Å²) < 4.78 is 1.56. The van der Waals surface area contributed by atoms with Gasteiger partial charge in [0, 0.05) is 18.4 Å². The lowest BCUT2D eigenvalue weighted by atomic mass is 9.80. The van der Waals surface area contributed by atoms with Crippen molar-refractivity contribution in [1.29, 1.82) is 0 Å². The van der Waals surface area contributed by atoms with E-state index in [-0.39, 0.29) is 5.28 Å². The standard InChI is InChI=1S/C12H15ClN6/c1-8(9-4-2-5-9)15-11-16-10(13)17-12(18-11)19-7-3-6-14-19/h3,6-9H,2,4-5H2,1H3,(H,15,16,17,18). The van der Waals surface area contributed by atoms with Crippen LogP contribution in [0, 0.1) is 5.92 Å².